The molecule has 1 heterocycles. The molecule has 0 atom stereocenters. The molecule has 0 unspecified atom stereocenters. The Kier molecular flexibility index (Phi) is 4.19. The lowest BCUT2D eigenvalue weighted by molar-refractivity contribution is 0.104. The zero-order chi connectivity index (χ0) is 16.2. The van der Waals surface area contributed by atoms with Crippen LogP contribution >= 0.6 is 0 Å². The highest BCUT2D eigenvalue weighted by atomic mass is 16.7. The van der Waals surface area contributed by atoms with Crippen LogP contribution in [0.4, 0.5) is 0 Å². The molecule has 23 heavy (non-hydrogen) atoms. The molecule has 0 N–H and O–H groups in total. The van der Waals surface area contributed by atoms with Crippen LogP contribution in [0.5, 0.6) is 23.0 Å². The molecule has 0 fully saturated rings. The lowest BCUT2D eigenvalue weighted by Gasteiger charge is -2.07. The van der Waals surface area contributed by atoms with Gasteiger partial charge in [-0.3, -0.25) is 4.79 Å². The van der Waals surface area contributed by atoms with E-state index in [9.17, 15) is 4.79 Å². The minimum Gasteiger partial charge on any atom is -0.497 e. The monoisotopic (exact) mass is 312 g/mol. The Bertz CT molecular complexity index is 764. The molecule has 0 spiro atoms. The molecule has 0 amide bonds. The van der Waals surface area contributed by atoms with Crippen LogP contribution in [0.25, 0.3) is 6.08 Å². The number of hydrogen-bond donors (Lipinski definition) is 0. The fraction of sp³-hybridized carbons (Fsp3) is 0.167. The average molecular weight is 312 g/mol. The number of ketones is 1. The van der Waals surface area contributed by atoms with Crippen LogP contribution in [0.3, 0.4) is 0 Å². The fourth-order valence-electron chi connectivity index (χ4n) is 2.29. The topological polar surface area (TPSA) is 54.0 Å². The van der Waals surface area contributed by atoms with Crippen LogP contribution in [-0.4, -0.2) is 26.8 Å². The minimum atomic E-state index is -0.168. The molecule has 5 heteroatoms. The summed E-state index contributed by atoms with van der Waals surface area (Å²) in [5, 5.41) is 0. The van der Waals surface area contributed by atoms with Crippen LogP contribution in [0.1, 0.15) is 15.9 Å². The van der Waals surface area contributed by atoms with Gasteiger partial charge in [0.1, 0.15) is 11.5 Å². The molecule has 5 nitrogen and oxygen atoms in total. The highest BCUT2D eigenvalue weighted by Gasteiger charge is 2.13. The molecule has 0 aromatic heterocycles. The van der Waals surface area contributed by atoms with E-state index in [1.807, 2.05) is 18.2 Å². The standard InChI is InChI=1S/C18H16O5/c1-20-13-5-8-16(21-2)14(10-13)15(19)6-3-12-4-7-17-18(9-12)23-11-22-17/h3-10H,11H2,1-2H3/b6-3+. The molecule has 3 rings (SSSR count). The van der Waals surface area contributed by atoms with E-state index < -0.39 is 0 Å². The Morgan fingerprint density at radius 1 is 1.04 bits per heavy atom. The molecule has 1 aliphatic heterocycles. The summed E-state index contributed by atoms with van der Waals surface area (Å²) < 4.78 is 21.0. The Morgan fingerprint density at radius 2 is 1.87 bits per heavy atom. The summed E-state index contributed by atoms with van der Waals surface area (Å²) in [6.07, 6.45) is 3.22. The number of allylic oxidation sites excluding steroid dienone is 1. The number of carbonyl (C=O) groups excluding carboxylic acids is 1. The van der Waals surface area contributed by atoms with E-state index in [1.165, 1.54) is 13.2 Å². The smallest absolute Gasteiger partial charge is 0.231 e. The summed E-state index contributed by atoms with van der Waals surface area (Å²) in [6.45, 7) is 0.225. The van der Waals surface area contributed by atoms with Crippen molar-refractivity contribution in [2.24, 2.45) is 0 Å². The van der Waals surface area contributed by atoms with E-state index >= 15 is 0 Å². The lowest BCUT2D eigenvalue weighted by atomic mass is 10.1. The highest BCUT2D eigenvalue weighted by Crippen LogP contribution is 2.33. The zero-order valence-corrected chi connectivity index (χ0v) is 12.9. The maximum atomic E-state index is 12.4. The first kappa shape index (κ1) is 15.0. The number of methoxy groups -OCH3 is 2. The summed E-state index contributed by atoms with van der Waals surface area (Å²) in [4.78, 5) is 12.4. The summed E-state index contributed by atoms with van der Waals surface area (Å²) in [5.41, 5.74) is 1.30. The maximum Gasteiger partial charge on any atom is 0.231 e. The second-order valence-corrected chi connectivity index (χ2v) is 4.88. The van der Waals surface area contributed by atoms with Gasteiger partial charge in [0.25, 0.3) is 0 Å². The first-order valence-corrected chi connectivity index (χ1v) is 7.05. The Morgan fingerprint density at radius 3 is 2.65 bits per heavy atom. The van der Waals surface area contributed by atoms with Crippen molar-refractivity contribution in [1.82, 2.24) is 0 Å². The van der Waals surface area contributed by atoms with Gasteiger partial charge in [0.15, 0.2) is 17.3 Å². The van der Waals surface area contributed by atoms with Gasteiger partial charge in [0.05, 0.1) is 19.8 Å². The van der Waals surface area contributed by atoms with Crippen LogP contribution in [-0.2, 0) is 0 Å². The highest BCUT2D eigenvalue weighted by molar-refractivity contribution is 6.08. The van der Waals surface area contributed by atoms with Gasteiger partial charge in [-0.25, -0.2) is 0 Å². The van der Waals surface area contributed by atoms with Crippen molar-refractivity contribution in [3.05, 3.63) is 53.6 Å². The van der Waals surface area contributed by atoms with E-state index in [0.29, 0.717) is 28.6 Å². The van der Waals surface area contributed by atoms with Crippen molar-refractivity contribution in [2.75, 3.05) is 21.0 Å². The fourth-order valence-corrected chi connectivity index (χ4v) is 2.29. The minimum absolute atomic E-state index is 0.168. The van der Waals surface area contributed by atoms with Crippen molar-refractivity contribution < 1.29 is 23.7 Å². The average Bonchev–Trinajstić information content (AvgIpc) is 3.06. The number of fused-ring (bicyclic) bond motifs is 1. The lowest BCUT2D eigenvalue weighted by Crippen LogP contribution is -1.99. The predicted molar refractivity (Wildman–Crippen MR) is 85.5 cm³/mol. The number of hydrogen-bond acceptors (Lipinski definition) is 5. The Balaban J connectivity index is 1.83. The normalized spacial score (nSPS) is 12.4. The molecule has 0 bridgehead atoms. The summed E-state index contributed by atoms with van der Waals surface area (Å²) in [6, 6.07) is 10.6. The van der Waals surface area contributed by atoms with Crippen LogP contribution in [0, 0.1) is 0 Å². The maximum absolute atomic E-state index is 12.4. The first-order valence-electron chi connectivity index (χ1n) is 7.05. The van der Waals surface area contributed by atoms with Gasteiger partial charge in [-0.05, 0) is 42.0 Å². The largest absolute Gasteiger partial charge is 0.497 e. The van der Waals surface area contributed by atoms with Crippen molar-refractivity contribution in [2.45, 2.75) is 0 Å². The second-order valence-electron chi connectivity index (χ2n) is 4.88. The molecule has 0 aliphatic carbocycles. The van der Waals surface area contributed by atoms with E-state index in [4.69, 9.17) is 18.9 Å². The third-order valence-electron chi connectivity index (χ3n) is 3.50. The number of benzene rings is 2. The van der Waals surface area contributed by atoms with Crippen molar-refractivity contribution in [3.63, 3.8) is 0 Å². The summed E-state index contributed by atoms with van der Waals surface area (Å²) >= 11 is 0. The Labute approximate surface area is 134 Å². The van der Waals surface area contributed by atoms with Gasteiger partial charge in [-0.1, -0.05) is 12.1 Å². The molecular formula is C18H16O5. The number of ether oxygens (including phenoxy) is 4. The van der Waals surface area contributed by atoms with Gasteiger partial charge in [-0.2, -0.15) is 0 Å². The summed E-state index contributed by atoms with van der Waals surface area (Å²) in [7, 11) is 3.08. The van der Waals surface area contributed by atoms with Gasteiger partial charge < -0.3 is 18.9 Å². The molecule has 0 saturated carbocycles. The van der Waals surface area contributed by atoms with E-state index in [2.05, 4.69) is 0 Å². The molecule has 0 saturated heterocycles. The molecular weight excluding hydrogens is 296 g/mol. The third-order valence-corrected chi connectivity index (χ3v) is 3.50. The van der Waals surface area contributed by atoms with E-state index in [0.717, 1.165) is 5.56 Å². The zero-order valence-electron chi connectivity index (χ0n) is 12.9. The Hall–Kier alpha value is -2.95. The van der Waals surface area contributed by atoms with Crippen molar-refractivity contribution >= 4 is 11.9 Å². The first-order chi connectivity index (χ1) is 11.2. The van der Waals surface area contributed by atoms with E-state index in [1.54, 1.807) is 31.4 Å². The number of carbonyl (C=O) groups is 1. The van der Waals surface area contributed by atoms with Crippen LogP contribution in [0.15, 0.2) is 42.5 Å². The van der Waals surface area contributed by atoms with Gasteiger partial charge in [-0.15, -0.1) is 0 Å². The van der Waals surface area contributed by atoms with Crippen LogP contribution in [0.2, 0.25) is 0 Å². The molecule has 118 valence electrons. The van der Waals surface area contributed by atoms with Crippen LogP contribution < -0.4 is 18.9 Å². The van der Waals surface area contributed by atoms with Crippen molar-refractivity contribution in [1.29, 1.82) is 0 Å². The third kappa shape index (κ3) is 3.13. The SMILES string of the molecule is COc1ccc(OC)c(C(=O)/C=C/c2ccc3c(c2)OCO3)c1. The molecule has 2 aromatic carbocycles. The second kappa shape index (κ2) is 6.44. The molecule has 0 radical (unpaired) electrons. The number of rotatable bonds is 5. The molecule has 1 aliphatic rings. The van der Waals surface area contributed by atoms with Gasteiger partial charge in [0, 0.05) is 0 Å². The summed E-state index contributed by atoms with van der Waals surface area (Å²) in [5.74, 6) is 2.33. The van der Waals surface area contributed by atoms with E-state index in [-0.39, 0.29) is 12.6 Å². The van der Waals surface area contributed by atoms with Gasteiger partial charge >= 0.3 is 0 Å². The van der Waals surface area contributed by atoms with Crippen molar-refractivity contribution in [3.8, 4) is 23.0 Å². The quantitative estimate of drug-likeness (QED) is 0.626. The molecule has 2 aromatic rings. The van der Waals surface area contributed by atoms with Gasteiger partial charge in [0.2, 0.25) is 6.79 Å². The predicted octanol–water partition coefficient (Wildman–Crippen LogP) is 3.33.